The number of ether oxygens (including phenoxy) is 2. The number of aromatic nitrogens is 1. The fourth-order valence-electron chi connectivity index (χ4n) is 4.88. The number of likely N-dealkylation sites (tertiary alicyclic amines) is 1. The third kappa shape index (κ3) is 5.29. The van der Waals surface area contributed by atoms with Gasteiger partial charge >= 0.3 is 0 Å². The van der Waals surface area contributed by atoms with Crippen LogP contribution in [0.5, 0.6) is 11.5 Å². The van der Waals surface area contributed by atoms with Crippen LogP contribution in [-0.2, 0) is 11.3 Å². The Hall–Kier alpha value is -3.16. The van der Waals surface area contributed by atoms with Crippen LogP contribution in [0.1, 0.15) is 53.4 Å². The molecule has 4 rings (SSSR count). The van der Waals surface area contributed by atoms with E-state index < -0.39 is 5.79 Å². The van der Waals surface area contributed by atoms with Crippen molar-refractivity contribution in [2.75, 3.05) is 19.3 Å². The SMILES string of the molecule is CSc1cc(C)[nH]c(=O)c1CNC(=O)c1cc(Cl)c2c(c1C)OC(C)(C1CCN(C(=O)CC#N)CC1)O2. The molecule has 1 saturated heterocycles. The smallest absolute Gasteiger partial charge is 0.254 e. The number of fused-ring (bicyclic) bond motifs is 1. The number of nitrogens with zero attached hydrogens (tertiary/aromatic N) is 2. The van der Waals surface area contributed by atoms with Crippen LogP contribution in [-0.4, -0.2) is 46.8 Å². The molecule has 9 nitrogen and oxygen atoms in total. The predicted octanol–water partition coefficient (Wildman–Crippen LogP) is 3.94. The fourth-order valence-corrected chi connectivity index (χ4v) is 5.82. The maximum Gasteiger partial charge on any atom is 0.254 e. The van der Waals surface area contributed by atoms with Crippen LogP contribution in [0, 0.1) is 31.1 Å². The second kappa shape index (κ2) is 10.7. The summed E-state index contributed by atoms with van der Waals surface area (Å²) in [5.41, 5.74) is 1.93. The zero-order valence-corrected chi connectivity index (χ0v) is 22.8. The lowest BCUT2D eigenvalue weighted by molar-refractivity contribution is -0.142. The standard InChI is InChI=1S/C26H29ClN4O5S/c1-14-11-20(37-4)18(25(34)30-14)13-29-24(33)17-12-19(27)23-22(15(17)2)35-26(3,36-23)16-6-9-31(10-7-16)21(32)5-8-28/h11-12,16H,5-7,9-10,13H2,1-4H3,(H,29,33)(H,30,34). The Kier molecular flexibility index (Phi) is 7.76. The second-order valence-corrected chi connectivity index (χ2v) is 10.7. The summed E-state index contributed by atoms with van der Waals surface area (Å²) in [6.45, 7) is 6.52. The number of hydrogen-bond acceptors (Lipinski definition) is 7. The minimum absolute atomic E-state index is 0.0167. The Bertz CT molecular complexity index is 1350. The van der Waals surface area contributed by atoms with Gasteiger partial charge in [-0.25, -0.2) is 0 Å². The Morgan fingerprint density at radius 1 is 1.27 bits per heavy atom. The molecule has 37 heavy (non-hydrogen) atoms. The maximum atomic E-state index is 13.1. The Labute approximate surface area is 224 Å². The number of benzene rings is 1. The van der Waals surface area contributed by atoms with Crippen LogP contribution in [0.25, 0.3) is 0 Å². The molecule has 1 atom stereocenters. The van der Waals surface area contributed by atoms with E-state index in [2.05, 4.69) is 10.3 Å². The van der Waals surface area contributed by atoms with Crippen LogP contribution < -0.4 is 20.3 Å². The molecule has 3 heterocycles. The molecule has 0 radical (unpaired) electrons. The largest absolute Gasteiger partial charge is 0.448 e. The summed E-state index contributed by atoms with van der Waals surface area (Å²) < 4.78 is 12.5. The first-order valence-electron chi connectivity index (χ1n) is 12.0. The number of carbonyl (C=O) groups excluding carboxylic acids is 2. The monoisotopic (exact) mass is 544 g/mol. The minimum atomic E-state index is -1.00. The molecular formula is C26H29ClN4O5S. The third-order valence-corrected chi connectivity index (χ3v) is 8.07. The quantitative estimate of drug-likeness (QED) is 0.528. The van der Waals surface area contributed by atoms with Gasteiger partial charge in [-0.1, -0.05) is 11.6 Å². The highest BCUT2D eigenvalue weighted by molar-refractivity contribution is 7.98. The Balaban J connectivity index is 1.50. The average Bonchev–Trinajstić information content (AvgIpc) is 3.25. The summed E-state index contributed by atoms with van der Waals surface area (Å²) in [6.07, 6.45) is 3.05. The van der Waals surface area contributed by atoms with Crippen molar-refractivity contribution in [1.82, 2.24) is 15.2 Å². The molecule has 0 aliphatic carbocycles. The molecule has 2 aliphatic rings. The highest BCUT2D eigenvalue weighted by Gasteiger charge is 2.47. The molecule has 1 fully saturated rings. The van der Waals surface area contributed by atoms with E-state index in [1.54, 1.807) is 17.9 Å². The molecular weight excluding hydrogens is 516 g/mol. The van der Waals surface area contributed by atoms with Crippen molar-refractivity contribution in [2.24, 2.45) is 5.92 Å². The number of nitrogens with one attached hydrogen (secondary N) is 2. The molecule has 2 amide bonds. The zero-order valence-electron chi connectivity index (χ0n) is 21.2. The fraction of sp³-hybridized carbons (Fsp3) is 0.462. The minimum Gasteiger partial charge on any atom is -0.448 e. The number of pyridine rings is 1. The lowest BCUT2D eigenvalue weighted by atomic mass is 9.89. The molecule has 2 N–H and O–H groups in total. The summed E-state index contributed by atoms with van der Waals surface area (Å²) in [5, 5.41) is 11.9. The number of nitriles is 1. The molecule has 11 heteroatoms. The summed E-state index contributed by atoms with van der Waals surface area (Å²) in [4.78, 5) is 42.9. The van der Waals surface area contributed by atoms with E-state index in [1.807, 2.05) is 32.2 Å². The molecule has 2 aromatic rings. The van der Waals surface area contributed by atoms with Gasteiger partial charge in [-0.05, 0) is 45.1 Å². The Morgan fingerprint density at radius 3 is 2.59 bits per heavy atom. The van der Waals surface area contributed by atoms with Crippen LogP contribution in [0.15, 0.2) is 21.8 Å². The van der Waals surface area contributed by atoms with Crippen LogP contribution in [0.3, 0.4) is 0 Å². The van der Waals surface area contributed by atoms with Gasteiger partial charge in [-0.15, -0.1) is 11.8 Å². The lowest BCUT2D eigenvalue weighted by Crippen LogP contribution is -2.49. The van der Waals surface area contributed by atoms with E-state index in [-0.39, 0.29) is 41.3 Å². The number of amides is 2. The zero-order chi connectivity index (χ0) is 26.9. The van der Waals surface area contributed by atoms with E-state index in [0.717, 1.165) is 10.6 Å². The normalized spacial score (nSPS) is 19.0. The van der Waals surface area contributed by atoms with Crippen molar-refractivity contribution in [3.8, 4) is 17.6 Å². The van der Waals surface area contributed by atoms with Crippen LogP contribution >= 0.6 is 23.4 Å². The van der Waals surface area contributed by atoms with Gasteiger partial charge in [0, 0.05) is 59.8 Å². The number of aromatic amines is 1. The topological polar surface area (TPSA) is 125 Å². The van der Waals surface area contributed by atoms with Crippen molar-refractivity contribution >= 4 is 35.2 Å². The van der Waals surface area contributed by atoms with E-state index in [1.165, 1.54) is 11.8 Å². The van der Waals surface area contributed by atoms with Crippen molar-refractivity contribution in [3.05, 3.63) is 49.9 Å². The summed E-state index contributed by atoms with van der Waals surface area (Å²) in [6, 6.07) is 5.33. The van der Waals surface area contributed by atoms with Crippen molar-refractivity contribution in [2.45, 2.75) is 57.3 Å². The van der Waals surface area contributed by atoms with Crippen LogP contribution in [0.4, 0.5) is 0 Å². The van der Waals surface area contributed by atoms with E-state index in [4.69, 9.17) is 26.3 Å². The van der Waals surface area contributed by atoms with Crippen molar-refractivity contribution in [1.29, 1.82) is 5.26 Å². The van der Waals surface area contributed by atoms with Gasteiger partial charge in [0.05, 0.1) is 11.1 Å². The van der Waals surface area contributed by atoms with Gasteiger partial charge in [0.15, 0.2) is 11.5 Å². The molecule has 0 saturated carbocycles. The number of H-pyrrole nitrogens is 1. The average molecular weight is 545 g/mol. The summed E-state index contributed by atoms with van der Waals surface area (Å²) in [7, 11) is 0. The first-order chi connectivity index (χ1) is 17.6. The first kappa shape index (κ1) is 26.9. The van der Waals surface area contributed by atoms with Gasteiger partial charge in [-0.2, -0.15) is 5.26 Å². The summed E-state index contributed by atoms with van der Waals surface area (Å²) in [5.74, 6) is -0.761. The molecule has 1 aromatic carbocycles. The molecule has 1 unspecified atom stereocenters. The van der Waals surface area contributed by atoms with Gasteiger partial charge in [0.25, 0.3) is 17.3 Å². The number of aryl methyl sites for hydroxylation is 1. The molecule has 196 valence electrons. The highest BCUT2D eigenvalue weighted by atomic mass is 35.5. The van der Waals surface area contributed by atoms with Crippen molar-refractivity contribution < 1.29 is 19.1 Å². The molecule has 0 bridgehead atoms. The molecule has 0 spiro atoms. The van der Waals surface area contributed by atoms with Crippen LogP contribution in [0.2, 0.25) is 5.02 Å². The van der Waals surface area contributed by atoms with Crippen molar-refractivity contribution in [3.63, 3.8) is 0 Å². The highest BCUT2D eigenvalue weighted by Crippen LogP contribution is 2.51. The number of hydrogen-bond donors (Lipinski definition) is 2. The van der Waals surface area contributed by atoms with Gasteiger partial charge in [0.2, 0.25) is 5.91 Å². The molecule has 2 aliphatic heterocycles. The lowest BCUT2D eigenvalue weighted by Gasteiger charge is -2.38. The third-order valence-electron chi connectivity index (χ3n) is 6.99. The predicted molar refractivity (Wildman–Crippen MR) is 140 cm³/mol. The number of halogens is 1. The van der Waals surface area contributed by atoms with Gasteiger partial charge < -0.3 is 24.7 Å². The number of piperidine rings is 1. The van der Waals surface area contributed by atoms with Gasteiger partial charge in [-0.3, -0.25) is 14.4 Å². The second-order valence-electron chi connectivity index (χ2n) is 9.41. The maximum absolute atomic E-state index is 13.1. The Morgan fingerprint density at radius 2 is 1.95 bits per heavy atom. The number of carbonyl (C=O) groups is 2. The summed E-state index contributed by atoms with van der Waals surface area (Å²) >= 11 is 7.98. The van der Waals surface area contributed by atoms with E-state index in [0.29, 0.717) is 54.1 Å². The van der Waals surface area contributed by atoms with Gasteiger partial charge in [0.1, 0.15) is 6.42 Å². The number of rotatable bonds is 6. The van der Waals surface area contributed by atoms with E-state index in [9.17, 15) is 14.4 Å². The number of thioether (sulfide) groups is 1. The first-order valence-corrected chi connectivity index (χ1v) is 13.6. The van der Waals surface area contributed by atoms with E-state index >= 15 is 0 Å². The molecule has 1 aromatic heterocycles.